The van der Waals surface area contributed by atoms with Crippen molar-refractivity contribution in [1.29, 1.82) is 0 Å². The topological polar surface area (TPSA) is 100 Å². The van der Waals surface area contributed by atoms with Crippen LogP contribution in [0.3, 0.4) is 0 Å². The number of aliphatic hydroxyl groups excluding tert-OH is 1. The van der Waals surface area contributed by atoms with Gasteiger partial charge in [-0.25, -0.2) is 0 Å². The Balaban J connectivity index is 1.62. The third kappa shape index (κ3) is 5.27. The molecule has 2 N–H and O–H groups in total. The average molecular weight is 497 g/mol. The maximum absolute atomic E-state index is 13.4. The zero-order valence-electron chi connectivity index (χ0n) is 22.0. The van der Waals surface area contributed by atoms with Gasteiger partial charge in [0.05, 0.1) is 17.9 Å². The largest absolute Gasteiger partial charge is 0.459 e. The Morgan fingerprint density at radius 1 is 1.17 bits per heavy atom. The maximum Gasteiger partial charge on any atom is 0.455 e. The number of amides is 2. The minimum absolute atomic E-state index is 0.0459. The highest BCUT2D eigenvalue weighted by molar-refractivity contribution is 6.43. The predicted octanol–water partition coefficient (Wildman–Crippen LogP) is 4.60. The molecule has 1 aromatic heterocycles. The molecule has 2 saturated heterocycles. The number of allylic oxidation sites excluding steroid dienone is 2. The van der Waals surface area contributed by atoms with Crippen molar-refractivity contribution in [2.75, 3.05) is 6.54 Å². The van der Waals surface area contributed by atoms with Gasteiger partial charge in [0.2, 0.25) is 11.8 Å². The summed E-state index contributed by atoms with van der Waals surface area (Å²) in [4.78, 5) is 28.0. The van der Waals surface area contributed by atoms with E-state index in [1.165, 1.54) is 16.0 Å². The highest BCUT2D eigenvalue weighted by Crippen LogP contribution is 2.52. The Hall–Kier alpha value is -2.16. The lowest BCUT2D eigenvalue weighted by Gasteiger charge is -2.44. The minimum Gasteiger partial charge on any atom is -0.459 e. The lowest BCUT2D eigenvalue weighted by Crippen LogP contribution is -2.46. The molecule has 3 heterocycles. The third-order valence-corrected chi connectivity index (χ3v) is 7.96. The molecule has 196 valence electrons. The van der Waals surface area contributed by atoms with Gasteiger partial charge in [-0.1, -0.05) is 45.3 Å². The molecular weight excluding hydrogens is 457 g/mol. The van der Waals surface area contributed by atoms with Crippen LogP contribution in [-0.2, 0) is 20.9 Å². The quantitative estimate of drug-likeness (QED) is 0.279. The molecule has 1 aliphatic carbocycles. The van der Waals surface area contributed by atoms with E-state index in [2.05, 4.69) is 20.8 Å². The fourth-order valence-electron chi connectivity index (χ4n) is 6.42. The van der Waals surface area contributed by atoms with Crippen LogP contribution in [0.1, 0.15) is 77.7 Å². The molecule has 2 aliphatic heterocycles. The lowest BCUT2D eigenvalue weighted by molar-refractivity contribution is -0.140. The van der Waals surface area contributed by atoms with E-state index in [1.807, 2.05) is 19.1 Å². The number of likely N-dealkylation sites (tertiary alicyclic amines) is 1. The molecule has 7 nitrogen and oxygen atoms in total. The molecule has 0 aromatic carbocycles. The number of imide groups is 1. The number of carbonyl (C=O) groups excluding carboxylic acids is 2. The van der Waals surface area contributed by atoms with Gasteiger partial charge in [0, 0.05) is 6.54 Å². The van der Waals surface area contributed by atoms with Crippen molar-refractivity contribution >= 4 is 25.0 Å². The Morgan fingerprint density at radius 2 is 1.94 bits per heavy atom. The molecule has 0 spiro atoms. The van der Waals surface area contributed by atoms with Gasteiger partial charge in [0.1, 0.15) is 18.1 Å². The summed E-state index contributed by atoms with van der Waals surface area (Å²) in [5.41, 5.74) is 3.59. The van der Waals surface area contributed by atoms with Gasteiger partial charge in [0.25, 0.3) is 0 Å². The molecule has 4 rings (SSSR count). The summed E-state index contributed by atoms with van der Waals surface area (Å²) >= 11 is 0. The van der Waals surface area contributed by atoms with Crippen molar-refractivity contribution < 1.29 is 28.8 Å². The lowest BCUT2D eigenvalue weighted by atomic mass is 9.57. The molecule has 2 amide bonds. The Morgan fingerprint density at radius 3 is 2.58 bits per heavy atom. The fraction of sp³-hybridized carbons (Fsp3) is 0.643. The van der Waals surface area contributed by atoms with Crippen LogP contribution in [0.15, 0.2) is 33.3 Å². The summed E-state index contributed by atoms with van der Waals surface area (Å²) in [7, 11) is -0.949. The summed E-state index contributed by atoms with van der Waals surface area (Å²) in [6.45, 7) is 8.74. The molecule has 0 radical (unpaired) electrons. The zero-order valence-corrected chi connectivity index (χ0v) is 22.0. The molecular formula is C28H40BNO6. The van der Waals surface area contributed by atoms with E-state index in [0.717, 1.165) is 37.0 Å². The van der Waals surface area contributed by atoms with E-state index < -0.39 is 13.0 Å². The third-order valence-electron chi connectivity index (χ3n) is 7.96. The van der Waals surface area contributed by atoms with Crippen LogP contribution < -0.4 is 0 Å². The second-order valence-electron chi connectivity index (χ2n) is 10.8. The molecule has 0 bridgehead atoms. The van der Waals surface area contributed by atoms with E-state index in [9.17, 15) is 19.7 Å². The summed E-state index contributed by atoms with van der Waals surface area (Å²) in [6.07, 6.45) is 6.81. The van der Waals surface area contributed by atoms with Gasteiger partial charge < -0.3 is 19.2 Å². The van der Waals surface area contributed by atoms with Crippen molar-refractivity contribution in [3.05, 3.63) is 40.4 Å². The highest BCUT2D eigenvalue weighted by atomic mass is 16.5. The van der Waals surface area contributed by atoms with Gasteiger partial charge in [-0.15, -0.1) is 0 Å². The molecule has 8 heteroatoms. The van der Waals surface area contributed by atoms with Crippen LogP contribution in [0, 0.1) is 23.7 Å². The first-order valence-electron chi connectivity index (χ1n) is 13.6. The molecule has 4 atom stereocenters. The normalized spacial score (nSPS) is 26.8. The first kappa shape index (κ1) is 26.9. The van der Waals surface area contributed by atoms with Gasteiger partial charge in [-0.3, -0.25) is 14.5 Å². The molecule has 3 aliphatic rings. The van der Waals surface area contributed by atoms with Crippen molar-refractivity contribution in [1.82, 2.24) is 4.90 Å². The standard InChI is InChI=1S/C28H40BNO6/c1-5-7-18(13-19-9-10-20(16-31)35-19)8-11-24-25-21(17(3)4)14-22-26(23(25)15-29(34)36-24)28(33)30(12-6-2)27(22)32/h9-10,13,17,22-24,26,31,34H,5-8,11-12,14-16H2,1-4H3/b18-13+/t22-,23+,24-,26-/m1/s1. The maximum atomic E-state index is 13.4. The van der Waals surface area contributed by atoms with Gasteiger partial charge in [-0.05, 0) is 74.0 Å². The summed E-state index contributed by atoms with van der Waals surface area (Å²) in [5, 5.41) is 20.0. The Labute approximate surface area is 214 Å². The Bertz CT molecular complexity index is 1030. The molecule has 0 unspecified atom stereocenters. The van der Waals surface area contributed by atoms with Crippen molar-refractivity contribution in [2.45, 2.75) is 85.3 Å². The SMILES string of the molecule is CCC/C(=C\c1ccc(CO)o1)CC[C@H]1OB(O)C[C@H]2C1=C(C(C)C)C[C@H]1C(=O)N(CCC)C(=O)[C@H]12. The van der Waals surface area contributed by atoms with Gasteiger partial charge >= 0.3 is 7.12 Å². The number of carbonyl (C=O) groups is 2. The number of aliphatic hydroxyl groups is 1. The van der Waals surface area contributed by atoms with E-state index in [0.29, 0.717) is 31.5 Å². The van der Waals surface area contributed by atoms with Gasteiger partial charge in [-0.2, -0.15) is 0 Å². The van der Waals surface area contributed by atoms with Crippen LogP contribution in [0.25, 0.3) is 6.08 Å². The number of hydrogen-bond donors (Lipinski definition) is 2. The first-order valence-corrected chi connectivity index (χ1v) is 13.6. The summed E-state index contributed by atoms with van der Waals surface area (Å²) in [6, 6.07) is 3.64. The molecule has 2 fully saturated rings. The Kier molecular flexibility index (Phi) is 8.58. The molecule has 0 saturated carbocycles. The molecule has 36 heavy (non-hydrogen) atoms. The molecule has 1 aromatic rings. The van der Waals surface area contributed by atoms with Crippen LogP contribution in [0.5, 0.6) is 0 Å². The predicted molar refractivity (Wildman–Crippen MR) is 138 cm³/mol. The summed E-state index contributed by atoms with van der Waals surface area (Å²) < 4.78 is 11.8. The second-order valence-corrected chi connectivity index (χ2v) is 10.8. The number of furan rings is 1. The van der Waals surface area contributed by atoms with Gasteiger partial charge in [0.15, 0.2) is 0 Å². The number of rotatable bonds is 10. The van der Waals surface area contributed by atoms with Crippen molar-refractivity contribution in [2.24, 2.45) is 23.7 Å². The van der Waals surface area contributed by atoms with Crippen LogP contribution in [0.4, 0.5) is 0 Å². The zero-order chi connectivity index (χ0) is 26.0. The van der Waals surface area contributed by atoms with Crippen molar-refractivity contribution in [3.8, 4) is 0 Å². The fourth-order valence-corrected chi connectivity index (χ4v) is 6.42. The average Bonchev–Trinajstić information content (AvgIpc) is 3.40. The van der Waals surface area contributed by atoms with E-state index in [1.54, 1.807) is 6.07 Å². The van der Waals surface area contributed by atoms with E-state index >= 15 is 0 Å². The monoisotopic (exact) mass is 497 g/mol. The number of fused-ring (bicyclic) bond motifs is 3. The summed E-state index contributed by atoms with van der Waals surface area (Å²) in [5.74, 6) is 0.491. The van der Waals surface area contributed by atoms with Crippen LogP contribution in [0.2, 0.25) is 6.32 Å². The van der Waals surface area contributed by atoms with Crippen LogP contribution in [-0.4, -0.2) is 46.6 Å². The first-order chi connectivity index (χ1) is 17.3. The number of hydrogen-bond acceptors (Lipinski definition) is 6. The second kappa shape index (κ2) is 11.5. The minimum atomic E-state index is -0.949. The van der Waals surface area contributed by atoms with E-state index in [-0.39, 0.29) is 42.3 Å². The smallest absolute Gasteiger partial charge is 0.455 e. The van der Waals surface area contributed by atoms with E-state index in [4.69, 9.17) is 9.07 Å². The number of nitrogens with zero attached hydrogens (tertiary/aromatic N) is 1. The van der Waals surface area contributed by atoms with Crippen molar-refractivity contribution in [3.63, 3.8) is 0 Å². The van der Waals surface area contributed by atoms with Crippen LogP contribution >= 0.6 is 0 Å². The highest BCUT2D eigenvalue weighted by Gasteiger charge is 2.57.